The van der Waals surface area contributed by atoms with Crippen LogP contribution in [-0.2, 0) is 38.8 Å². The number of methoxy groups -OCH3 is 1. The first-order chi connectivity index (χ1) is 20.8. The molecule has 0 unspecified atom stereocenters. The van der Waals surface area contributed by atoms with E-state index in [1.165, 1.54) is 7.11 Å². The number of aromatic nitrogens is 2. The molecule has 0 spiro atoms. The number of nitrogens with zero attached hydrogens (tertiary/aromatic N) is 3. The number of H-pyrrole nitrogens is 1. The van der Waals surface area contributed by atoms with Gasteiger partial charge in [-0.15, -0.1) is 0 Å². The fraction of sp³-hybridized carbons (Fsp3) is 0.387. The number of anilines is 1. The van der Waals surface area contributed by atoms with Crippen LogP contribution in [0.25, 0.3) is 0 Å². The summed E-state index contributed by atoms with van der Waals surface area (Å²) in [4.78, 5) is 62.3. The molecule has 2 aromatic carbocycles. The van der Waals surface area contributed by atoms with E-state index in [1.807, 2.05) is 37.3 Å². The molecule has 0 aliphatic carbocycles. The minimum Gasteiger partial charge on any atom is -0.469 e. The molecule has 0 radical (unpaired) electrons. The number of aromatic amines is 1. The average Bonchev–Trinajstić information content (AvgIpc) is 3.50. The third-order valence-electron chi connectivity index (χ3n) is 7.33. The number of nitrogens with two attached hydrogens (primary N) is 1. The van der Waals surface area contributed by atoms with E-state index in [9.17, 15) is 19.2 Å². The Balaban J connectivity index is 1.56. The van der Waals surface area contributed by atoms with Crippen LogP contribution in [0.1, 0.15) is 53.5 Å². The smallest absolute Gasteiger partial charge is 0.308 e. The van der Waals surface area contributed by atoms with Gasteiger partial charge in [-0.25, -0.2) is 4.98 Å². The molecule has 3 aromatic rings. The van der Waals surface area contributed by atoms with E-state index in [2.05, 4.69) is 20.6 Å². The molecular weight excluding hydrogens is 550 g/mol. The van der Waals surface area contributed by atoms with Crippen LogP contribution in [0, 0.1) is 0 Å². The van der Waals surface area contributed by atoms with Gasteiger partial charge in [0, 0.05) is 49.8 Å². The summed E-state index contributed by atoms with van der Waals surface area (Å²) in [6, 6.07) is 13.6. The molecular formula is C31H39N7O5. The fourth-order valence-electron chi connectivity index (χ4n) is 4.88. The van der Waals surface area contributed by atoms with Gasteiger partial charge >= 0.3 is 5.97 Å². The Kier molecular flexibility index (Phi) is 10.9. The second kappa shape index (κ2) is 15.0. The Morgan fingerprint density at radius 2 is 1.98 bits per heavy atom. The van der Waals surface area contributed by atoms with E-state index in [-0.39, 0.29) is 37.2 Å². The van der Waals surface area contributed by atoms with Crippen LogP contribution in [0.3, 0.4) is 0 Å². The van der Waals surface area contributed by atoms with Gasteiger partial charge in [-0.1, -0.05) is 37.3 Å². The molecule has 1 aromatic heterocycles. The molecule has 2 heterocycles. The summed E-state index contributed by atoms with van der Waals surface area (Å²) in [6.07, 6.45) is 4.23. The van der Waals surface area contributed by atoms with Crippen LogP contribution in [0.5, 0.6) is 0 Å². The van der Waals surface area contributed by atoms with E-state index in [0.29, 0.717) is 49.6 Å². The van der Waals surface area contributed by atoms with E-state index in [1.54, 1.807) is 40.4 Å². The van der Waals surface area contributed by atoms with Crippen molar-refractivity contribution in [1.82, 2.24) is 25.1 Å². The van der Waals surface area contributed by atoms with Gasteiger partial charge in [0.2, 0.25) is 11.8 Å². The van der Waals surface area contributed by atoms with Crippen molar-refractivity contribution in [2.75, 3.05) is 25.5 Å². The van der Waals surface area contributed by atoms with Crippen molar-refractivity contribution in [3.8, 4) is 0 Å². The Bertz CT molecular complexity index is 1400. The Morgan fingerprint density at radius 3 is 2.67 bits per heavy atom. The van der Waals surface area contributed by atoms with Crippen molar-refractivity contribution >= 4 is 29.4 Å². The number of amides is 3. The summed E-state index contributed by atoms with van der Waals surface area (Å²) in [7, 11) is 1.28. The zero-order chi connectivity index (χ0) is 30.8. The van der Waals surface area contributed by atoms with Crippen LogP contribution < -0.4 is 16.4 Å². The number of fused-ring (bicyclic) bond motifs is 1. The number of esters is 1. The molecule has 228 valence electrons. The second-order valence-electron chi connectivity index (χ2n) is 10.5. The number of carbonyl (C=O) groups excluding carboxylic acids is 4. The van der Waals surface area contributed by atoms with Crippen LogP contribution in [0.15, 0.2) is 60.9 Å². The lowest BCUT2D eigenvalue weighted by molar-refractivity contribution is -0.144. The number of hydrogen-bond donors (Lipinski definition) is 4. The lowest BCUT2D eigenvalue weighted by Crippen LogP contribution is -2.44. The first-order valence-corrected chi connectivity index (χ1v) is 14.4. The molecule has 1 aliphatic heterocycles. The first kappa shape index (κ1) is 31.2. The number of rotatable bonds is 13. The molecule has 12 heteroatoms. The van der Waals surface area contributed by atoms with Gasteiger partial charge in [0.05, 0.1) is 26.1 Å². The van der Waals surface area contributed by atoms with Gasteiger partial charge < -0.3 is 35.9 Å². The van der Waals surface area contributed by atoms with Crippen LogP contribution in [-0.4, -0.2) is 75.7 Å². The highest BCUT2D eigenvalue weighted by Crippen LogP contribution is 2.27. The van der Waals surface area contributed by atoms with Crippen LogP contribution in [0.2, 0.25) is 0 Å². The van der Waals surface area contributed by atoms with E-state index < -0.39 is 18.1 Å². The molecule has 2 atom stereocenters. The normalized spacial score (nSPS) is 15.1. The SMILES string of the molecule is CC[C@H](N)C(=O)NCCCN1Cc2cc(C(=O)N(Cc3ccccc3)Cc3ncc[nH]3)ccc2N[C@@H](CC(=O)OC)C1=O. The number of hydrogen-bond acceptors (Lipinski definition) is 8. The lowest BCUT2D eigenvalue weighted by Gasteiger charge is -2.24. The molecule has 12 nitrogen and oxygen atoms in total. The van der Waals surface area contributed by atoms with Gasteiger partial charge in [-0.05, 0) is 42.2 Å². The summed E-state index contributed by atoms with van der Waals surface area (Å²) in [5, 5.41) is 5.99. The Morgan fingerprint density at radius 1 is 1.19 bits per heavy atom. The Hall–Kier alpha value is -4.71. The third-order valence-corrected chi connectivity index (χ3v) is 7.33. The van der Waals surface area contributed by atoms with Crippen molar-refractivity contribution in [2.24, 2.45) is 5.73 Å². The number of benzene rings is 2. The van der Waals surface area contributed by atoms with Crippen LogP contribution in [0.4, 0.5) is 5.69 Å². The fourth-order valence-corrected chi connectivity index (χ4v) is 4.88. The lowest BCUT2D eigenvalue weighted by atomic mass is 10.1. The van der Waals surface area contributed by atoms with Gasteiger partial charge in [-0.3, -0.25) is 19.2 Å². The zero-order valence-corrected chi connectivity index (χ0v) is 24.5. The molecule has 1 aliphatic rings. The first-order valence-electron chi connectivity index (χ1n) is 14.4. The van der Waals surface area contributed by atoms with Crippen molar-refractivity contribution in [2.45, 2.75) is 57.9 Å². The zero-order valence-electron chi connectivity index (χ0n) is 24.5. The minimum atomic E-state index is -0.841. The summed E-state index contributed by atoms with van der Waals surface area (Å²) in [6.45, 7) is 3.40. The van der Waals surface area contributed by atoms with Gasteiger partial charge in [0.1, 0.15) is 11.9 Å². The average molecular weight is 590 g/mol. The van der Waals surface area contributed by atoms with E-state index in [0.717, 1.165) is 11.1 Å². The van der Waals surface area contributed by atoms with Crippen molar-refractivity contribution in [1.29, 1.82) is 0 Å². The molecule has 0 bridgehead atoms. The number of ether oxygens (including phenoxy) is 1. The van der Waals surface area contributed by atoms with E-state index >= 15 is 0 Å². The third kappa shape index (κ3) is 8.41. The number of carbonyl (C=O) groups is 4. The van der Waals surface area contributed by atoms with Gasteiger partial charge in [0.15, 0.2) is 0 Å². The van der Waals surface area contributed by atoms with Crippen molar-refractivity contribution in [3.63, 3.8) is 0 Å². The summed E-state index contributed by atoms with van der Waals surface area (Å²) >= 11 is 0. The molecule has 0 saturated carbocycles. The standard InChI is InChI=1S/C31H39N7O5/c1-3-24(32)29(40)35-12-7-15-37-19-23-16-22(10-11-25(23)36-26(31(37)42)17-28(39)43-2)30(41)38(20-27-33-13-14-34-27)18-21-8-5-4-6-9-21/h4-6,8-11,13-14,16,24,26,36H,3,7,12,15,17-20,32H2,1-2H3,(H,33,34)(H,35,40)/t24-,26-/m0/s1. The molecule has 5 N–H and O–H groups in total. The highest BCUT2D eigenvalue weighted by molar-refractivity contribution is 5.96. The molecule has 3 amide bonds. The van der Waals surface area contributed by atoms with Crippen molar-refractivity contribution < 1.29 is 23.9 Å². The largest absolute Gasteiger partial charge is 0.469 e. The molecule has 0 saturated heterocycles. The molecule has 4 rings (SSSR count). The number of nitrogens with one attached hydrogen (secondary N) is 3. The highest BCUT2D eigenvalue weighted by atomic mass is 16.5. The van der Waals surface area contributed by atoms with Gasteiger partial charge in [0.25, 0.3) is 5.91 Å². The maximum absolute atomic E-state index is 13.9. The summed E-state index contributed by atoms with van der Waals surface area (Å²) in [5.41, 5.74) is 8.63. The molecule has 0 fully saturated rings. The predicted molar refractivity (Wildman–Crippen MR) is 160 cm³/mol. The maximum atomic E-state index is 13.9. The van der Waals surface area contributed by atoms with E-state index in [4.69, 9.17) is 10.5 Å². The topological polar surface area (TPSA) is 163 Å². The van der Waals surface area contributed by atoms with Gasteiger partial charge in [-0.2, -0.15) is 0 Å². The summed E-state index contributed by atoms with van der Waals surface area (Å²) < 4.78 is 4.83. The number of imidazole rings is 1. The predicted octanol–water partition coefficient (Wildman–Crippen LogP) is 2.18. The summed E-state index contributed by atoms with van der Waals surface area (Å²) in [5.74, 6) is -0.551. The second-order valence-corrected chi connectivity index (χ2v) is 10.5. The monoisotopic (exact) mass is 589 g/mol. The molecule has 43 heavy (non-hydrogen) atoms. The highest BCUT2D eigenvalue weighted by Gasteiger charge is 2.32. The van der Waals surface area contributed by atoms with Crippen LogP contribution >= 0.6 is 0 Å². The minimum absolute atomic E-state index is 0.151. The quantitative estimate of drug-likeness (QED) is 0.174. The maximum Gasteiger partial charge on any atom is 0.308 e. The van der Waals surface area contributed by atoms with Crippen molar-refractivity contribution in [3.05, 3.63) is 83.4 Å². The Labute approximate surface area is 251 Å².